The van der Waals surface area contributed by atoms with Gasteiger partial charge in [-0.15, -0.1) is 11.3 Å². The highest BCUT2D eigenvalue weighted by molar-refractivity contribution is 7.17. The summed E-state index contributed by atoms with van der Waals surface area (Å²) in [6.45, 7) is 3.94. The standard InChI is InChI=1S/C22H24N2O4S/c1-3-13-8-10-14(11-9-13)17-12(2)29-21(18(17)19(23)25)24-20(26)15-6-4-5-7-16(15)22(27)28/h4-5,8-11,15-16H,3,6-7H2,1-2H3,(H2,23,25)(H,24,26)(H,27,28)/t15-,16-/m1/s1. The van der Waals surface area contributed by atoms with Crippen molar-refractivity contribution in [2.45, 2.75) is 33.1 Å². The molecule has 0 spiro atoms. The second-order valence-electron chi connectivity index (χ2n) is 7.14. The summed E-state index contributed by atoms with van der Waals surface area (Å²) in [7, 11) is 0. The first-order valence-electron chi connectivity index (χ1n) is 9.54. The van der Waals surface area contributed by atoms with E-state index in [0.717, 1.165) is 16.9 Å². The minimum atomic E-state index is -0.997. The highest BCUT2D eigenvalue weighted by Crippen LogP contribution is 2.40. The highest BCUT2D eigenvalue weighted by Gasteiger charge is 2.35. The first kappa shape index (κ1) is 20.8. The summed E-state index contributed by atoms with van der Waals surface area (Å²) in [5, 5.41) is 12.6. The lowest BCUT2D eigenvalue weighted by Crippen LogP contribution is -2.35. The molecular formula is C22H24N2O4S. The number of aryl methyl sites for hydroxylation is 2. The normalized spacial score (nSPS) is 18.4. The van der Waals surface area contributed by atoms with E-state index in [1.165, 1.54) is 16.9 Å². The third kappa shape index (κ3) is 4.24. The van der Waals surface area contributed by atoms with E-state index in [4.69, 9.17) is 5.73 Å². The van der Waals surface area contributed by atoms with Crippen LogP contribution in [0.15, 0.2) is 36.4 Å². The molecule has 0 radical (unpaired) electrons. The fourth-order valence-corrected chi connectivity index (χ4v) is 4.79. The second kappa shape index (κ2) is 8.61. The van der Waals surface area contributed by atoms with Gasteiger partial charge in [-0.25, -0.2) is 0 Å². The largest absolute Gasteiger partial charge is 0.481 e. The number of primary amides is 1. The molecule has 29 heavy (non-hydrogen) atoms. The number of carboxylic acid groups (broad SMARTS) is 1. The molecule has 1 aliphatic rings. The Bertz CT molecular complexity index is 975. The van der Waals surface area contributed by atoms with E-state index >= 15 is 0 Å². The number of carbonyl (C=O) groups excluding carboxylic acids is 2. The predicted octanol–water partition coefficient (Wildman–Crippen LogP) is 3.99. The van der Waals surface area contributed by atoms with Crippen LogP contribution < -0.4 is 11.1 Å². The number of nitrogens with one attached hydrogen (secondary N) is 1. The van der Waals surface area contributed by atoms with E-state index in [-0.39, 0.29) is 5.56 Å². The number of benzene rings is 1. The predicted molar refractivity (Wildman–Crippen MR) is 114 cm³/mol. The molecule has 2 amide bonds. The van der Waals surface area contributed by atoms with Crippen LogP contribution in [0.5, 0.6) is 0 Å². The molecule has 0 fully saturated rings. The Balaban J connectivity index is 1.95. The summed E-state index contributed by atoms with van der Waals surface area (Å²) < 4.78 is 0. The number of amides is 2. The van der Waals surface area contributed by atoms with Gasteiger partial charge in [-0.2, -0.15) is 0 Å². The summed E-state index contributed by atoms with van der Waals surface area (Å²) in [6.07, 6.45) is 5.18. The maximum Gasteiger partial charge on any atom is 0.307 e. The molecule has 0 saturated carbocycles. The molecule has 0 aliphatic heterocycles. The van der Waals surface area contributed by atoms with Crippen LogP contribution in [0.1, 0.15) is 40.6 Å². The van der Waals surface area contributed by atoms with E-state index in [9.17, 15) is 19.5 Å². The van der Waals surface area contributed by atoms with Gasteiger partial charge in [0.15, 0.2) is 0 Å². The number of nitrogens with two attached hydrogens (primary N) is 1. The smallest absolute Gasteiger partial charge is 0.307 e. The van der Waals surface area contributed by atoms with Gasteiger partial charge in [-0.05, 0) is 37.3 Å². The number of rotatable bonds is 6. The van der Waals surface area contributed by atoms with Crippen molar-refractivity contribution in [1.82, 2.24) is 0 Å². The third-order valence-electron chi connectivity index (χ3n) is 5.30. The molecule has 0 saturated heterocycles. The molecule has 7 heteroatoms. The highest BCUT2D eigenvalue weighted by atomic mass is 32.1. The van der Waals surface area contributed by atoms with Crippen molar-refractivity contribution in [2.75, 3.05) is 5.32 Å². The Morgan fingerprint density at radius 2 is 1.76 bits per heavy atom. The molecule has 152 valence electrons. The van der Waals surface area contributed by atoms with Gasteiger partial charge in [0.2, 0.25) is 5.91 Å². The van der Waals surface area contributed by atoms with E-state index in [0.29, 0.717) is 23.4 Å². The number of allylic oxidation sites excluding steroid dienone is 2. The first-order chi connectivity index (χ1) is 13.8. The van der Waals surface area contributed by atoms with Crippen molar-refractivity contribution in [3.05, 3.63) is 52.4 Å². The number of hydrogen-bond acceptors (Lipinski definition) is 4. The zero-order valence-electron chi connectivity index (χ0n) is 16.4. The summed E-state index contributed by atoms with van der Waals surface area (Å²) in [6, 6.07) is 7.89. The number of carboxylic acids is 1. The van der Waals surface area contributed by atoms with Crippen molar-refractivity contribution in [3.63, 3.8) is 0 Å². The van der Waals surface area contributed by atoms with Crippen LogP contribution in [-0.4, -0.2) is 22.9 Å². The molecule has 1 aromatic heterocycles. The van der Waals surface area contributed by atoms with Crippen LogP contribution in [-0.2, 0) is 16.0 Å². The number of anilines is 1. The fraction of sp³-hybridized carbons (Fsp3) is 0.318. The number of thiophene rings is 1. The second-order valence-corrected chi connectivity index (χ2v) is 8.36. The lowest BCUT2D eigenvalue weighted by atomic mass is 9.82. The van der Waals surface area contributed by atoms with Crippen LogP contribution in [0.2, 0.25) is 0 Å². The monoisotopic (exact) mass is 412 g/mol. The lowest BCUT2D eigenvalue weighted by molar-refractivity contribution is -0.146. The van der Waals surface area contributed by atoms with Crippen molar-refractivity contribution < 1.29 is 19.5 Å². The van der Waals surface area contributed by atoms with Gasteiger partial charge in [0.05, 0.1) is 17.4 Å². The summed E-state index contributed by atoms with van der Waals surface area (Å²) in [4.78, 5) is 37.5. The average molecular weight is 413 g/mol. The molecular weight excluding hydrogens is 388 g/mol. The number of carbonyl (C=O) groups is 3. The van der Waals surface area contributed by atoms with Crippen molar-refractivity contribution >= 4 is 34.1 Å². The van der Waals surface area contributed by atoms with Gasteiger partial charge in [-0.3, -0.25) is 14.4 Å². The quantitative estimate of drug-likeness (QED) is 0.623. The Morgan fingerprint density at radius 1 is 1.14 bits per heavy atom. The van der Waals surface area contributed by atoms with Gasteiger partial charge < -0.3 is 16.2 Å². The maximum absolute atomic E-state index is 12.8. The molecule has 2 atom stereocenters. The molecule has 1 aliphatic carbocycles. The van der Waals surface area contributed by atoms with Crippen LogP contribution in [0, 0.1) is 18.8 Å². The molecule has 0 unspecified atom stereocenters. The number of hydrogen-bond donors (Lipinski definition) is 3. The van der Waals surface area contributed by atoms with Gasteiger partial charge in [0.1, 0.15) is 5.00 Å². The Kier molecular flexibility index (Phi) is 6.17. The van der Waals surface area contributed by atoms with Crippen LogP contribution in [0.4, 0.5) is 5.00 Å². The SMILES string of the molecule is CCc1ccc(-c2c(C)sc(NC(=O)[C@@H]3CC=CC[C@H]3C(=O)O)c2C(N)=O)cc1. The minimum Gasteiger partial charge on any atom is -0.481 e. The fourth-order valence-electron chi connectivity index (χ4n) is 3.70. The topological polar surface area (TPSA) is 109 Å². The zero-order valence-corrected chi connectivity index (χ0v) is 17.2. The number of aliphatic carboxylic acids is 1. The van der Waals surface area contributed by atoms with Crippen LogP contribution in [0.25, 0.3) is 11.1 Å². The molecule has 4 N–H and O–H groups in total. The van der Waals surface area contributed by atoms with E-state index < -0.39 is 29.6 Å². The van der Waals surface area contributed by atoms with Gasteiger partial charge in [-0.1, -0.05) is 43.3 Å². The minimum absolute atomic E-state index is 0.267. The Hall–Kier alpha value is -2.93. The Morgan fingerprint density at radius 3 is 2.31 bits per heavy atom. The van der Waals surface area contributed by atoms with E-state index in [2.05, 4.69) is 12.2 Å². The summed E-state index contributed by atoms with van der Waals surface area (Å²) >= 11 is 1.28. The summed E-state index contributed by atoms with van der Waals surface area (Å²) in [5.74, 6) is -3.49. The lowest BCUT2D eigenvalue weighted by Gasteiger charge is -2.24. The molecule has 0 bridgehead atoms. The van der Waals surface area contributed by atoms with Gasteiger partial charge in [0.25, 0.3) is 5.91 Å². The maximum atomic E-state index is 12.8. The molecule has 2 aromatic rings. The van der Waals surface area contributed by atoms with Crippen molar-refractivity contribution in [1.29, 1.82) is 0 Å². The molecule has 1 aromatic carbocycles. The van der Waals surface area contributed by atoms with Crippen molar-refractivity contribution in [2.24, 2.45) is 17.6 Å². The first-order valence-corrected chi connectivity index (χ1v) is 10.4. The van der Waals surface area contributed by atoms with E-state index in [1.54, 1.807) is 6.08 Å². The third-order valence-corrected chi connectivity index (χ3v) is 6.33. The van der Waals surface area contributed by atoms with Crippen LogP contribution >= 0.6 is 11.3 Å². The molecule has 6 nitrogen and oxygen atoms in total. The van der Waals surface area contributed by atoms with Crippen molar-refractivity contribution in [3.8, 4) is 11.1 Å². The van der Waals surface area contributed by atoms with E-state index in [1.807, 2.05) is 37.3 Å². The van der Waals surface area contributed by atoms with Gasteiger partial charge >= 0.3 is 5.97 Å². The van der Waals surface area contributed by atoms with Gasteiger partial charge in [0, 0.05) is 10.4 Å². The summed E-state index contributed by atoms with van der Waals surface area (Å²) in [5.41, 5.74) is 8.67. The van der Waals surface area contributed by atoms with Crippen LogP contribution in [0.3, 0.4) is 0 Å². The average Bonchev–Trinajstić information content (AvgIpc) is 3.03. The Labute approximate surface area is 173 Å². The molecule has 3 rings (SSSR count). The molecule has 1 heterocycles. The zero-order chi connectivity index (χ0) is 21.1.